The van der Waals surface area contributed by atoms with Gasteiger partial charge in [0.15, 0.2) is 0 Å². The third kappa shape index (κ3) is 1.81. The molecule has 1 aliphatic heterocycles. The van der Waals surface area contributed by atoms with E-state index in [0.717, 1.165) is 18.8 Å². The molecule has 0 aromatic heterocycles. The number of fused-ring (bicyclic) bond motifs is 2. The zero-order valence-electron chi connectivity index (χ0n) is 13.2. The van der Waals surface area contributed by atoms with E-state index in [4.69, 9.17) is 4.74 Å². The molecule has 1 aromatic carbocycles. The summed E-state index contributed by atoms with van der Waals surface area (Å²) in [4.78, 5) is 0. The average molecular weight is 258 g/mol. The number of rotatable bonds is 0. The second-order valence-electron chi connectivity index (χ2n) is 8.32. The summed E-state index contributed by atoms with van der Waals surface area (Å²) in [5, 5.41) is 0. The first-order valence-electron chi connectivity index (χ1n) is 7.46. The predicted molar refractivity (Wildman–Crippen MR) is 80.2 cm³/mol. The van der Waals surface area contributed by atoms with Crippen LogP contribution in [-0.2, 0) is 16.2 Å². The fourth-order valence-electron chi connectivity index (χ4n) is 4.19. The molecule has 0 amide bonds. The van der Waals surface area contributed by atoms with Crippen LogP contribution in [0.2, 0.25) is 0 Å². The summed E-state index contributed by atoms with van der Waals surface area (Å²) in [6, 6.07) is 4.78. The monoisotopic (exact) mass is 258 g/mol. The Bertz CT molecular complexity index is 535. The SMILES string of the molecule is CC1(C)CCOc2cc3c(cc21)C(C)(C)CC3(C)C. The Kier molecular flexibility index (Phi) is 2.44. The largest absolute Gasteiger partial charge is 0.493 e. The van der Waals surface area contributed by atoms with Gasteiger partial charge in [-0.05, 0) is 46.3 Å². The molecule has 104 valence electrons. The maximum Gasteiger partial charge on any atom is 0.123 e. The molecule has 0 spiro atoms. The van der Waals surface area contributed by atoms with Crippen molar-refractivity contribution in [1.82, 2.24) is 0 Å². The van der Waals surface area contributed by atoms with Gasteiger partial charge in [0.25, 0.3) is 0 Å². The second-order valence-corrected chi connectivity index (χ2v) is 8.32. The zero-order valence-corrected chi connectivity index (χ0v) is 13.2. The molecule has 0 radical (unpaired) electrons. The van der Waals surface area contributed by atoms with Crippen LogP contribution in [-0.4, -0.2) is 6.61 Å². The fourth-order valence-corrected chi connectivity index (χ4v) is 4.19. The van der Waals surface area contributed by atoms with Crippen molar-refractivity contribution in [2.75, 3.05) is 6.61 Å². The van der Waals surface area contributed by atoms with Gasteiger partial charge in [0.2, 0.25) is 0 Å². The van der Waals surface area contributed by atoms with Crippen LogP contribution < -0.4 is 4.74 Å². The van der Waals surface area contributed by atoms with Crippen molar-refractivity contribution in [3.05, 3.63) is 28.8 Å². The Hall–Kier alpha value is -0.980. The third-order valence-corrected chi connectivity index (χ3v) is 5.18. The maximum absolute atomic E-state index is 5.95. The van der Waals surface area contributed by atoms with Crippen LogP contribution in [0.25, 0.3) is 0 Å². The number of hydrogen-bond acceptors (Lipinski definition) is 1. The van der Waals surface area contributed by atoms with Crippen molar-refractivity contribution in [1.29, 1.82) is 0 Å². The van der Waals surface area contributed by atoms with Crippen LogP contribution in [0.1, 0.15) is 71.1 Å². The highest BCUT2D eigenvalue weighted by Gasteiger charge is 2.44. The standard InChI is InChI=1S/C18H26O/c1-16(2)7-8-19-15-10-13-12(9-14(15)16)17(3,4)11-18(13,5)6/h9-10H,7-8,11H2,1-6H3. The summed E-state index contributed by atoms with van der Waals surface area (Å²) in [5.41, 5.74) is 5.22. The van der Waals surface area contributed by atoms with Crippen molar-refractivity contribution < 1.29 is 4.74 Å². The molecule has 1 heterocycles. The van der Waals surface area contributed by atoms with Crippen LogP contribution in [0.4, 0.5) is 0 Å². The van der Waals surface area contributed by atoms with Gasteiger partial charge in [-0.3, -0.25) is 0 Å². The Morgan fingerprint density at radius 2 is 1.37 bits per heavy atom. The van der Waals surface area contributed by atoms with Gasteiger partial charge in [0, 0.05) is 5.56 Å². The molecule has 2 aliphatic rings. The summed E-state index contributed by atoms with van der Waals surface area (Å²) < 4.78 is 5.95. The van der Waals surface area contributed by atoms with Crippen molar-refractivity contribution in [3.8, 4) is 5.75 Å². The smallest absolute Gasteiger partial charge is 0.123 e. The Morgan fingerprint density at radius 3 is 2.00 bits per heavy atom. The van der Waals surface area contributed by atoms with E-state index in [9.17, 15) is 0 Å². The van der Waals surface area contributed by atoms with Crippen molar-refractivity contribution >= 4 is 0 Å². The molecule has 0 N–H and O–H groups in total. The van der Waals surface area contributed by atoms with Crippen LogP contribution in [0.15, 0.2) is 12.1 Å². The molecule has 19 heavy (non-hydrogen) atoms. The lowest BCUT2D eigenvalue weighted by Crippen LogP contribution is -2.27. The molecule has 1 heteroatoms. The highest BCUT2D eigenvalue weighted by molar-refractivity contribution is 5.54. The molecule has 0 saturated heterocycles. The first kappa shape index (κ1) is 13.0. The van der Waals surface area contributed by atoms with Gasteiger partial charge >= 0.3 is 0 Å². The van der Waals surface area contributed by atoms with E-state index < -0.39 is 0 Å². The lowest BCUT2D eigenvalue weighted by molar-refractivity contribution is 0.233. The van der Waals surface area contributed by atoms with Crippen molar-refractivity contribution in [2.24, 2.45) is 0 Å². The Morgan fingerprint density at radius 1 is 0.789 bits per heavy atom. The maximum atomic E-state index is 5.95. The first-order chi connectivity index (χ1) is 8.63. The molecule has 1 aliphatic carbocycles. The molecule has 1 aromatic rings. The molecule has 0 atom stereocenters. The van der Waals surface area contributed by atoms with Gasteiger partial charge in [-0.25, -0.2) is 0 Å². The molecular weight excluding hydrogens is 232 g/mol. The molecular formula is C18H26O. The summed E-state index contributed by atoms with van der Waals surface area (Å²) in [7, 11) is 0. The zero-order chi connectivity index (χ0) is 14.1. The minimum atomic E-state index is 0.241. The molecule has 1 nitrogen and oxygen atoms in total. The average Bonchev–Trinajstić information content (AvgIpc) is 2.43. The minimum Gasteiger partial charge on any atom is -0.493 e. The normalized spacial score (nSPS) is 25.4. The van der Waals surface area contributed by atoms with Gasteiger partial charge in [0.1, 0.15) is 5.75 Å². The van der Waals surface area contributed by atoms with Crippen molar-refractivity contribution in [3.63, 3.8) is 0 Å². The topological polar surface area (TPSA) is 9.23 Å². The van der Waals surface area contributed by atoms with Gasteiger partial charge in [0.05, 0.1) is 6.61 Å². The molecule has 3 rings (SSSR count). The molecule has 0 bridgehead atoms. The summed E-state index contributed by atoms with van der Waals surface area (Å²) in [6.07, 6.45) is 2.33. The fraction of sp³-hybridized carbons (Fsp3) is 0.667. The Balaban J connectivity index is 2.25. The van der Waals surface area contributed by atoms with E-state index in [-0.39, 0.29) is 16.2 Å². The van der Waals surface area contributed by atoms with Crippen LogP contribution in [0, 0.1) is 0 Å². The quantitative estimate of drug-likeness (QED) is 0.655. The summed E-state index contributed by atoms with van der Waals surface area (Å²) in [5.74, 6) is 1.13. The van der Waals surface area contributed by atoms with E-state index in [1.807, 2.05) is 0 Å². The number of benzene rings is 1. The number of hydrogen-bond donors (Lipinski definition) is 0. The Labute approximate surface area is 117 Å². The second kappa shape index (κ2) is 3.56. The highest BCUT2D eigenvalue weighted by Crippen LogP contribution is 2.53. The molecule has 0 fully saturated rings. The lowest BCUT2D eigenvalue weighted by atomic mass is 9.76. The molecule has 0 unspecified atom stereocenters. The number of ether oxygens (including phenoxy) is 1. The van der Waals surface area contributed by atoms with Crippen LogP contribution >= 0.6 is 0 Å². The van der Waals surface area contributed by atoms with Gasteiger partial charge in [-0.1, -0.05) is 47.6 Å². The lowest BCUT2D eigenvalue weighted by Gasteiger charge is -2.34. The highest BCUT2D eigenvalue weighted by atomic mass is 16.5. The van der Waals surface area contributed by atoms with Gasteiger partial charge in [-0.15, -0.1) is 0 Å². The third-order valence-electron chi connectivity index (χ3n) is 5.18. The van der Waals surface area contributed by atoms with Crippen LogP contribution in [0.3, 0.4) is 0 Å². The first-order valence-corrected chi connectivity index (χ1v) is 7.46. The summed E-state index contributed by atoms with van der Waals surface area (Å²) in [6.45, 7) is 15.0. The molecule has 0 saturated carbocycles. The van der Waals surface area contributed by atoms with E-state index in [1.165, 1.54) is 23.1 Å². The van der Waals surface area contributed by atoms with Gasteiger partial charge < -0.3 is 4.74 Å². The van der Waals surface area contributed by atoms with E-state index in [0.29, 0.717) is 0 Å². The van der Waals surface area contributed by atoms with E-state index >= 15 is 0 Å². The van der Waals surface area contributed by atoms with Crippen LogP contribution in [0.5, 0.6) is 5.75 Å². The minimum absolute atomic E-state index is 0.241. The predicted octanol–water partition coefficient (Wildman–Crippen LogP) is 4.71. The van der Waals surface area contributed by atoms with Crippen molar-refractivity contribution in [2.45, 2.75) is 70.6 Å². The van der Waals surface area contributed by atoms with E-state index in [1.54, 1.807) is 0 Å². The van der Waals surface area contributed by atoms with Gasteiger partial charge in [-0.2, -0.15) is 0 Å². The van der Waals surface area contributed by atoms with E-state index in [2.05, 4.69) is 53.7 Å². The summed E-state index contributed by atoms with van der Waals surface area (Å²) >= 11 is 0.